The highest BCUT2D eigenvalue weighted by Crippen LogP contribution is 2.40. The van der Waals surface area contributed by atoms with Gasteiger partial charge in [0.25, 0.3) is 0 Å². The van der Waals surface area contributed by atoms with Crippen molar-refractivity contribution in [2.24, 2.45) is 5.92 Å². The molecule has 0 atom stereocenters. The number of rotatable bonds is 5. The van der Waals surface area contributed by atoms with Gasteiger partial charge in [-0.05, 0) is 38.3 Å². The van der Waals surface area contributed by atoms with E-state index in [1.165, 1.54) is 18.2 Å². The number of aromatic hydroxyl groups is 4. The van der Waals surface area contributed by atoms with Crippen molar-refractivity contribution in [1.29, 1.82) is 0 Å². The lowest BCUT2D eigenvalue weighted by Gasteiger charge is -2.13. The fourth-order valence-corrected chi connectivity index (χ4v) is 3.23. The summed E-state index contributed by atoms with van der Waals surface area (Å²) in [7, 11) is 0. The van der Waals surface area contributed by atoms with Crippen LogP contribution >= 0.6 is 0 Å². The van der Waals surface area contributed by atoms with Crippen LogP contribution < -0.4 is 5.43 Å². The zero-order valence-corrected chi connectivity index (χ0v) is 17.9. The Labute approximate surface area is 180 Å². The fourth-order valence-electron chi connectivity index (χ4n) is 3.23. The van der Waals surface area contributed by atoms with Crippen LogP contribution in [0.1, 0.15) is 38.8 Å². The molecule has 4 N–H and O–H groups in total. The first kappa shape index (κ1) is 22.0. The molecule has 1 aromatic heterocycles. The third kappa shape index (κ3) is 4.43. The molecule has 0 aliphatic heterocycles. The maximum Gasteiger partial charge on any atom is 0.204 e. The van der Waals surface area contributed by atoms with Crippen LogP contribution in [-0.2, 0) is 6.42 Å². The Hall–Kier alpha value is -3.67. The monoisotopic (exact) mass is 422 g/mol. The molecule has 2 aromatic carbocycles. The number of phenolic OH excluding ortho intramolecular Hbond substituents is 4. The highest BCUT2D eigenvalue weighted by molar-refractivity contribution is 5.91. The average molecular weight is 422 g/mol. The number of benzene rings is 2. The van der Waals surface area contributed by atoms with Crippen LogP contribution in [0.4, 0.5) is 0 Å². The van der Waals surface area contributed by atoms with Crippen molar-refractivity contribution in [3.63, 3.8) is 0 Å². The van der Waals surface area contributed by atoms with Gasteiger partial charge < -0.3 is 24.8 Å². The Morgan fingerprint density at radius 1 is 1.06 bits per heavy atom. The Bertz CT molecular complexity index is 1260. The molecular weight excluding hydrogens is 396 g/mol. The van der Waals surface area contributed by atoms with Gasteiger partial charge in [-0.25, -0.2) is 0 Å². The highest BCUT2D eigenvalue weighted by atomic mass is 16.3. The predicted molar refractivity (Wildman–Crippen MR) is 122 cm³/mol. The van der Waals surface area contributed by atoms with Crippen LogP contribution in [0, 0.1) is 5.92 Å². The molecule has 1 heterocycles. The summed E-state index contributed by atoms with van der Waals surface area (Å²) in [6, 6.07) is 5.24. The van der Waals surface area contributed by atoms with E-state index in [2.05, 4.69) is 0 Å². The fraction of sp³-hybridized carbons (Fsp3) is 0.240. The molecule has 3 aromatic rings. The average Bonchev–Trinajstić information content (AvgIpc) is 2.66. The first-order chi connectivity index (χ1) is 14.6. The van der Waals surface area contributed by atoms with Crippen LogP contribution in [0.15, 0.2) is 51.2 Å². The van der Waals surface area contributed by atoms with E-state index in [4.69, 9.17) is 4.42 Å². The lowest BCUT2D eigenvalue weighted by Crippen LogP contribution is -2.09. The lowest BCUT2D eigenvalue weighted by atomic mass is 9.99. The summed E-state index contributed by atoms with van der Waals surface area (Å²) in [6.07, 6.45) is 5.50. The molecular formula is C25H26O6. The van der Waals surface area contributed by atoms with Gasteiger partial charge in [0.2, 0.25) is 5.43 Å². The molecule has 6 nitrogen and oxygen atoms in total. The number of hydrogen-bond acceptors (Lipinski definition) is 6. The van der Waals surface area contributed by atoms with Crippen LogP contribution in [-0.4, -0.2) is 20.4 Å². The van der Waals surface area contributed by atoms with E-state index in [-0.39, 0.29) is 68.8 Å². The molecule has 0 fully saturated rings. The topological polar surface area (TPSA) is 111 Å². The molecule has 0 spiro atoms. The van der Waals surface area contributed by atoms with Crippen molar-refractivity contribution in [3.8, 4) is 34.3 Å². The van der Waals surface area contributed by atoms with Crippen LogP contribution in [0.5, 0.6) is 23.0 Å². The molecule has 6 heteroatoms. The second-order valence-electron chi connectivity index (χ2n) is 8.06. The van der Waals surface area contributed by atoms with Gasteiger partial charge in [-0.1, -0.05) is 37.6 Å². The minimum absolute atomic E-state index is 0.00915. The van der Waals surface area contributed by atoms with Crippen molar-refractivity contribution in [3.05, 3.63) is 63.3 Å². The van der Waals surface area contributed by atoms with Crippen molar-refractivity contribution in [2.45, 2.75) is 34.1 Å². The van der Waals surface area contributed by atoms with Crippen molar-refractivity contribution < 1.29 is 24.8 Å². The van der Waals surface area contributed by atoms with Crippen LogP contribution in [0.25, 0.3) is 28.4 Å². The molecule has 0 saturated carbocycles. The number of phenols is 4. The summed E-state index contributed by atoms with van der Waals surface area (Å²) in [5.74, 6) is -0.724. The van der Waals surface area contributed by atoms with Gasteiger partial charge in [0.15, 0.2) is 0 Å². The molecule has 162 valence electrons. The Morgan fingerprint density at radius 3 is 2.39 bits per heavy atom. The van der Waals surface area contributed by atoms with Crippen molar-refractivity contribution in [1.82, 2.24) is 0 Å². The van der Waals surface area contributed by atoms with Gasteiger partial charge in [0.05, 0.1) is 11.1 Å². The van der Waals surface area contributed by atoms with Crippen LogP contribution in [0.3, 0.4) is 0 Å². The van der Waals surface area contributed by atoms with Crippen LogP contribution in [0.2, 0.25) is 0 Å². The molecule has 0 saturated heterocycles. The van der Waals surface area contributed by atoms with E-state index in [9.17, 15) is 25.2 Å². The van der Waals surface area contributed by atoms with E-state index in [0.29, 0.717) is 0 Å². The van der Waals surface area contributed by atoms with E-state index in [1.54, 1.807) is 12.2 Å². The summed E-state index contributed by atoms with van der Waals surface area (Å²) in [5.41, 5.74) is 1.09. The summed E-state index contributed by atoms with van der Waals surface area (Å²) in [4.78, 5) is 13.4. The first-order valence-electron chi connectivity index (χ1n) is 9.98. The van der Waals surface area contributed by atoms with E-state index < -0.39 is 5.43 Å². The molecule has 0 aliphatic carbocycles. The predicted octanol–water partition coefficient (Wildman–Crippen LogP) is 5.46. The summed E-state index contributed by atoms with van der Waals surface area (Å²) in [6.45, 7) is 7.69. The Kier molecular flexibility index (Phi) is 6.11. The summed E-state index contributed by atoms with van der Waals surface area (Å²) < 4.78 is 5.93. The lowest BCUT2D eigenvalue weighted by molar-refractivity contribution is 0.442. The molecule has 0 amide bonds. The van der Waals surface area contributed by atoms with E-state index in [1.807, 2.05) is 33.8 Å². The molecule has 0 radical (unpaired) electrons. The second kappa shape index (κ2) is 8.60. The van der Waals surface area contributed by atoms with Gasteiger partial charge >= 0.3 is 0 Å². The third-order valence-electron chi connectivity index (χ3n) is 4.86. The molecule has 31 heavy (non-hydrogen) atoms. The standard InChI is InChI=1S/C25H26O6/c1-13(2)5-8-16-20(28)12-21-22(23(16)29)24(30)18(9-6-14(3)4)25(31-21)17-10-7-15(26)11-19(17)27/h5-7,9-12,14,26-29H,8H2,1-4H3. The van der Waals surface area contributed by atoms with E-state index >= 15 is 0 Å². The second-order valence-corrected chi connectivity index (χ2v) is 8.06. The largest absolute Gasteiger partial charge is 0.508 e. The minimum Gasteiger partial charge on any atom is -0.508 e. The molecule has 0 unspecified atom stereocenters. The van der Waals surface area contributed by atoms with Gasteiger partial charge in [-0.3, -0.25) is 4.79 Å². The normalized spacial score (nSPS) is 11.5. The van der Waals surface area contributed by atoms with Gasteiger partial charge in [0.1, 0.15) is 39.7 Å². The van der Waals surface area contributed by atoms with Crippen molar-refractivity contribution in [2.75, 3.05) is 0 Å². The van der Waals surface area contributed by atoms with Gasteiger partial charge in [0, 0.05) is 17.7 Å². The smallest absolute Gasteiger partial charge is 0.204 e. The minimum atomic E-state index is -0.489. The molecule has 3 rings (SSSR count). The maximum atomic E-state index is 13.4. The highest BCUT2D eigenvalue weighted by Gasteiger charge is 2.22. The summed E-state index contributed by atoms with van der Waals surface area (Å²) in [5, 5.41) is 41.2. The molecule has 0 aliphatic rings. The zero-order chi connectivity index (χ0) is 22.9. The zero-order valence-electron chi connectivity index (χ0n) is 17.9. The third-order valence-corrected chi connectivity index (χ3v) is 4.86. The number of allylic oxidation sites excluding steroid dienone is 3. The number of hydrogen-bond donors (Lipinski definition) is 4. The van der Waals surface area contributed by atoms with Crippen molar-refractivity contribution >= 4 is 17.0 Å². The maximum absolute atomic E-state index is 13.4. The quantitative estimate of drug-likeness (QED) is 0.406. The first-order valence-corrected chi connectivity index (χ1v) is 9.98. The Morgan fingerprint density at radius 2 is 1.77 bits per heavy atom. The van der Waals surface area contributed by atoms with Gasteiger partial charge in [-0.2, -0.15) is 0 Å². The Balaban J connectivity index is 2.39. The molecule has 0 bridgehead atoms. The number of fused-ring (bicyclic) bond motifs is 1. The SMILES string of the molecule is CC(C)=CCc1c(O)cc2oc(-c3ccc(O)cc3O)c(C=CC(C)C)c(=O)c2c1O. The summed E-state index contributed by atoms with van der Waals surface area (Å²) >= 11 is 0. The van der Waals surface area contributed by atoms with E-state index in [0.717, 1.165) is 11.6 Å². The van der Waals surface area contributed by atoms with Gasteiger partial charge in [-0.15, -0.1) is 0 Å².